The van der Waals surface area contributed by atoms with Crippen LogP contribution in [-0.4, -0.2) is 37.9 Å². The molecule has 0 spiro atoms. The number of carbonyl (C=O) groups excluding carboxylic acids is 1. The quantitative estimate of drug-likeness (QED) is 0.743. The van der Waals surface area contributed by atoms with Gasteiger partial charge in [0.05, 0.1) is 5.54 Å². The molecule has 17 heavy (non-hydrogen) atoms. The molecule has 0 aromatic carbocycles. The van der Waals surface area contributed by atoms with Crippen LogP contribution in [-0.2, 0) is 14.6 Å². The number of rotatable bonds is 6. The smallest absolute Gasteiger partial charge is 0.238 e. The van der Waals surface area contributed by atoms with Crippen LogP contribution >= 0.6 is 12.4 Å². The van der Waals surface area contributed by atoms with Crippen molar-refractivity contribution in [3.63, 3.8) is 0 Å². The number of sulfone groups is 1. The lowest BCUT2D eigenvalue weighted by atomic mass is 9.93. The van der Waals surface area contributed by atoms with E-state index in [1.54, 1.807) is 0 Å². The van der Waals surface area contributed by atoms with Crippen LogP contribution in [0.1, 0.15) is 33.6 Å². The topological polar surface area (TPSA) is 89.3 Å². The maximum atomic E-state index is 11.7. The summed E-state index contributed by atoms with van der Waals surface area (Å²) in [5.74, 6) is -0.475. The molecule has 1 atom stereocenters. The highest BCUT2D eigenvalue weighted by molar-refractivity contribution is 7.92. The zero-order valence-electron chi connectivity index (χ0n) is 10.8. The second-order valence-electron chi connectivity index (χ2n) is 4.15. The summed E-state index contributed by atoms with van der Waals surface area (Å²) < 4.78 is 22.5. The first-order valence-electron chi connectivity index (χ1n) is 5.43. The fraction of sp³-hybridized carbons (Fsp3) is 0.900. The lowest BCUT2D eigenvalue weighted by Gasteiger charge is -2.32. The lowest BCUT2D eigenvalue weighted by molar-refractivity contribution is -0.122. The Morgan fingerprint density at radius 2 is 1.76 bits per heavy atom. The van der Waals surface area contributed by atoms with E-state index in [1.807, 2.05) is 13.8 Å². The summed E-state index contributed by atoms with van der Waals surface area (Å²) in [6, 6.07) is 0. The molecule has 104 valence electrons. The average molecular weight is 287 g/mol. The van der Waals surface area contributed by atoms with Gasteiger partial charge < -0.3 is 11.1 Å². The normalized spacial score (nSPS) is 13.7. The van der Waals surface area contributed by atoms with E-state index in [0.29, 0.717) is 19.4 Å². The SMILES string of the molecule is CCC(CC)(CN)NC(=O)C(C)S(C)(=O)=O.Cl. The summed E-state index contributed by atoms with van der Waals surface area (Å²) in [6.07, 6.45) is 2.42. The van der Waals surface area contributed by atoms with Crippen molar-refractivity contribution in [3.05, 3.63) is 0 Å². The Hall–Kier alpha value is -0.330. The number of hydrogen-bond acceptors (Lipinski definition) is 4. The molecular formula is C10H23ClN2O3S. The van der Waals surface area contributed by atoms with Gasteiger partial charge in [0, 0.05) is 12.8 Å². The molecule has 0 aromatic rings. The van der Waals surface area contributed by atoms with Crippen LogP contribution in [0, 0.1) is 0 Å². The molecule has 0 radical (unpaired) electrons. The zero-order chi connectivity index (χ0) is 13.0. The van der Waals surface area contributed by atoms with Gasteiger partial charge in [-0.15, -0.1) is 12.4 Å². The molecular weight excluding hydrogens is 264 g/mol. The first-order valence-corrected chi connectivity index (χ1v) is 7.39. The molecule has 0 saturated heterocycles. The Morgan fingerprint density at radius 3 is 2.00 bits per heavy atom. The van der Waals surface area contributed by atoms with Crippen LogP contribution in [0.4, 0.5) is 0 Å². The molecule has 3 N–H and O–H groups in total. The van der Waals surface area contributed by atoms with Gasteiger partial charge in [-0.3, -0.25) is 4.79 Å². The predicted molar refractivity (Wildman–Crippen MR) is 72.1 cm³/mol. The van der Waals surface area contributed by atoms with Crippen LogP contribution in [0.15, 0.2) is 0 Å². The van der Waals surface area contributed by atoms with Gasteiger partial charge in [0.1, 0.15) is 5.25 Å². The third-order valence-electron chi connectivity index (χ3n) is 3.14. The van der Waals surface area contributed by atoms with E-state index in [1.165, 1.54) is 6.92 Å². The predicted octanol–water partition coefficient (Wildman–Crippen LogP) is 0.475. The average Bonchev–Trinajstić information content (AvgIpc) is 2.23. The Kier molecular flexibility index (Phi) is 8.03. The standard InChI is InChI=1S/C10H22N2O3S.ClH/c1-5-10(6-2,7-11)12-9(13)8(3)16(4,14)15;/h8H,5-7,11H2,1-4H3,(H,12,13);1H. The Bertz CT molecular complexity index is 331. The second kappa shape index (κ2) is 7.18. The molecule has 0 heterocycles. The van der Waals surface area contributed by atoms with Crippen molar-refractivity contribution < 1.29 is 13.2 Å². The molecule has 0 rings (SSSR count). The van der Waals surface area contributed by atoms with Crippen LogP contribution in [0.5, 0.6) is 0 Å². The van der Waals surface area contributed by atoms with Gasteiger partial charge in [0.2, 0.25) is 5.91 Å². The number of nitrogens with two attached hydrogens (primary N) is 1. The Labute approximate surface area is 110 Å². The molecule has 0 aromatic heterocycles. The molecule has 1 unspecified atom stereocenters. The lowest BCUT2D eigenvalue weighted by Crippen LogP contribution is -2.55. The van der Waals surface area contributed by atoms with Crippen molar-refractivity contribution in [3.8, 4) is 0 Å². The summed E-state index contributed by atoms with van der Waals surface area (Å²) in [5, 5.41) is 1.71. The third-order valence-corrected chi connectivity index (χ3v) is 4.64. The van der Waals surface area contributed by atoms with E-state index in [-0.39, 0.29) is 12.4 Å². The monoisotopic (exact) mass is 286 g/mol. The summed E-state index contributed by atoms with van der Waals surface area (Å²) >= 11 is 0. The molecule has 0 aliphatic heterocycles. The summed E-state index contributed by atoms with van der Waals surface area (Å²) in [5.41, 5.74) is 5.13. The summed E-state index contributed by atoms with van der Waals surface area (Å²) in [7, 11) is -3.35. The number of hydrogen-bond donors (Lipinski definition) is 2. The molecule has 5 nitrogen and oxygen atoms in total. The van der Waals surface area contributed by atoms with E-state index in [9.17, 15) is 13.2 Å². The van der Waals surface area contributed by atoms with Crippen LogP contribution in [0.2, 0.25) is 0 Å². The van der Waals surface area contributed by atoms with Crippen molar-refractivity contribution in [2.75, 3.05) is 12.8 Å². The minimum atomic E-state index is -3.35. The van der Waals surface area contributed by atoms with Crippen LogP contribution in [0.3, 0.4) is 0 Å². The number of nitrogens with one attached hydrogen (secondary N) is 1. The Morgan fingerprint density at radius 1 is 1.35 bits per heavy atom. The molecule has 0 aliphatic rings. The van der Waals surface area contributed by atoms with E-state index in [2.05, 4.69) is 5.32 Å². The maximum Gasteiger partial charge on any atom is 0.238 e. The largest absolute Gasteiger partial charge is 0.348 e. The first kappa shape index (κ1) is 19.0. The van der Waals surface area contributed by atoms with Gasteiger partial charge in [-0.1, -0.05) is 13.8 Å². The van der Waals surface area contributed by atoms with E-state index in [0.717, 1.165) is 6.26 Å². The van der Waals surface area contributed by atoms with Crippen molar-refractivity contribution in [1.82, 2.24) is 5.32 Å². The van der Waals surface area contributed by atoms with Gasteiger partial charge >= 0.3 is 0 Å². The zero-order valence-corrected chi connectivity index (χ0v) is 12.5. The summed E-state index contributed by atoms with van der Waals surface area (Å²) in [4.78, 5) is 11.7. The molecule has 0 saturated carbocycles. The fourth-order valence-corrected chi connectivity index (χ4v) is 1.77. The molecule has 0 aliphatic carbocycles. The minimum absolute atomic E-state index is 0. The van der Waals surface area contributed by atoms with Gasteiger partial charge in [-0.2, -0.15) is 0 Å². The number of amides is 1. The highest BCUT2D eigenvalue weighted by Gasteiger charge is 2.31. The van der Waals surface area contributed by atoms with Gasteiger partial charge in [0.25, 0.3) is 0 Å². The molecule has 1 amide bonds. The van der Waals surface area contributed by atoms with E-state index < -0.39 is 26.5 Å². The van der Waals surface area contributed by atoms with Crippen molar-refractivity contribution in [1.29, 1.82) is 0 Å². The highest BCUT2D eigenvalue weighted by Crippen LogP contribution is 2.14. The first-order chi connectivity index (χ1) is 7.22. The summed E-state index contributed by atoms with van der Waals surface area (Å²) in [6.45, 7) is 5.53. The molecule has 7 heteroatoms. The number of carbonyl (C=O) groups is 1. The van der Waals surface area contributed by atoms with Crippen molar-refractivity contribution in [2.45, 2.75) is 44.4 Å². The molecule has 0 bridgehead atoms. The maximum absolute atomic E-state index is 11.7. The fourth-order valence-electron chi connectivity index (χ4n) is 1.32. The molecule has 0 fully saturated rings. The minimum Gasteiger partial charge on any atom is -0.348 e. The van der Waals surface area contributed by atoms with Gasteiger partial charge in [-0.05, 0) is 19.8 Å². The van der Waals surface area contributed by atoms with Crippen molar-refractivity contribution >= 4 is 28.2 Å². The number of halogens is 1. The van der Waals surface area contributed by atoms with E-state index >= 15 is 0 Å². The second-order valence-corrected chi connectivity index (χ2v) is 6.52. The third kappa shape index (κ3) is 5.23. The van der Waals surface area contributed by atoms with Crippen LogP contribution in [0.25, 0.3) is 0 Å². The highest BCUT2D eigenvalue weighted by atomic mass is 35.5. The van der Waals surface area contributed by atoms with Gasteiger partial charge in [0.15, 0.2) is 9.84 Å². The van der Waals surface area contributed by atoms with Gasteiger partial charge in [-0.25, -0.2) is 8.42 Å². The van der Waals surface area contributed by atoms with E-state index in [4.69, 9.17) is 5.73 Å². The Balaban J connectivity index is 0. The van der Waals surface area contributed by atoms with Crippen LogP contribution < -0.4 is 11.1 Å². The van der Waals surface area contributed by atoms with Crippen molar-refractivity contribution in [2.24, 2.45) is 5.73 Å².